The number of benzene rings is 1. The molecule has 0 radical (unpaired) electrons. The second kappa shape index (κ2) is 4.29. The van der Waals surface area contributed by atoms with E-state index in [1.165, 1.54) is 0 Å². The van der Waals surface area contributed by atoms with E-state index in [9.17, 15) is 13.2 Å². The van der Waals surface area contributed by atoms with Gasteiger partial charge in [-0.15, -0.1) is 0 Å². The van der Waals surface area contributed by atoms with E-state index in [1.54, 1.807) is 0 Å². The van der Waals surface area contributed by atoms with Gasteiger partial charge in [-0.25, -0.2) is 13.2 Å². The number of aliphatic hydroxyl groups is 1. The molecule has 1 aromatic carbocycles. The van der Waals surface area contributed by atoms with Gasteiger partial charge >= 0.3 is 0 Å². The Hall–Kier alpha value is -0.590. The molecule has 1 rings (SSSR count). The first-order valence-electron chi connectivity index (χ1n) is 3.70. The van der Waals surface area contributed by atoms with Crippen molar-refractivity contribution in [2.45, 2.75) is 6.10 Å². The Morgan fingerprint density at radius 2 is 1.93 bits per heavy atom. The molecule has 1 aromatic rings. The molecule has 78 valence electrons. The Morgan fingerprint density at radius 1 is 1.36 bits per heavy atom. The molecule has 14 heavy (non-hydrogen) atoms. The summed E-state index contributed by atoms with van der Waals surface area (Å²) in [7, 11) is 0. The highest BCUT2D eigenvalue weighted by molar-refractivity contribution is 9.10. The van der Waals surface area contributed by atoms with Gasteiger partial charge in [0, 0.05) is 6.54 Å². The summed E-state index contributed by atoms with van der Waals surface area (Å²) >= 11 is 2.69. The van der Waals surface area contributed by atoms with E-state index < -0.39 is 29.1 Å². The van der Waals surface area contributed by atoms with Crippen LogP contribution in [0.4, 0.5) is 13.2 Å². The van der Waals surface area contributed by atoms with Crippen LogP contribution in [0.2, 0.25) is 0 Å². The predicted octanol–water partition coefficient (Wildman–Crippen LogP) is 1.86. The van der Waals surface area contributed by atoms with Crippen LogP contribution in [0.25, 0.3) is 0 Å². The van der Waals surface area contributed by atoms with Crippen LogP contribution in [0.1, 0.15) is 11.7 Å². The minimum atomic E-state index is -1.55. The highest BCUT2D eigenvalue weighted by Gasteiger charge is 2.22. The molecule has 3 N–H and O–H groups in total. The van der Waals surface area contributed by atoms with Gasteiger partial charge in [-0.3, -0.25) is 0 Å². The normalized spacial score (nSPS) is 13.0. The molecule has 0 spiro atoms. The summed E-state index contributed by atoms with van der Waals surface area (Å²) < 4.78 is 38.8. The SMILES string of the molecule is NCC(O)c1c(F)c(F)cc(Br)c1F. The van der Waals surface area contributed by atoms with E-state index in [4.69, 9.17) is 10.8 Å². The van der Waals surface area contributed by atoms with Crippen molar-refractivity contribution < 1.29 is 18.3 Å². The molecule has 0 aliphatic rings. The number of hydrogen-bond donors (Lipinski definition) is 2. The van der Waals surface area contributed by atoms with Crippen LogP contribution in [-0.2, 0) is 0 Å². The summed E-state index contributed by atoms with van der Waals surface area (Å²) in [5, 5.41) is 9.15. The van der Waals surface area contributed by atoms with E-state index in [0.717, 1.165) is 0 Å². The van der Waals surface area contributed by atoms with Gasteiger partial charge in [0.2, 0.25) is 0 Å². The number of aliphatic hydroxyl groups excluding tert-OH is 1. The lowest BCUT2D eigenvalue weighted by Crippen LogP contribution is -2.16. The number of rotatable bonds is 2. The van der Waals surface area contributed by atoms with E-state index in [0.29, 0.717) is 6.07 Å². The van der Waals surface area contributed by atoms with Crippen molar-refractivity contribution in [2.75, 3.05) is 6.54 Å². The Bertz CT molecular complexity index is 333. The predicted molar refractivity (Wildman–Crippen MR) is 48.0 cm³/mol. The summed E-state index contributed by atoms with van der Waals surface area (Å²) in [5.74, 6) is -3.69. The largest absolute Gasteiger partial charge is 0.387 e. The second-order valence-corrected chi connectivity index (χ2v) is 3.49. The van der Waals surface area contributed by atoms with Gasteiger partial charge in [0.1, 0.15) is 5.82 Å². The van der Waals surface area contributed by atoms with Crippen LogP contribution >= 0.6 is 15.9 Å². The smallest absolute Gasteiger partial charge is 0.167 e. The Balaban J connectivity index is 3.39. The van der Waals surface area contributed by atoms with Gasteiger partial charge in [-0.2, -0.15) is 0 Å². The second-order valence-electron chi connectivity index (χ2n) is 2.63. The first-order chi connectivity index (χ1) is 6.49. The van der Waals surface area contributed by atoms with Crippen molar-refractivity contribution in [3.8, 4) is 0 Å². The number of nitrogens with two attached hydrogens (primary N) is 1. The summed E-state index contributed by atoms with van der Waals surface area (Å²) in [6.07, 6.45) is -1.55. The molecule has 0 saturated carbocycles. The van der Waals surface area contributed by atoms with Gasteiger partial charge in [-0.1, -0.05) is 0 Å². The van der Waals surface area contributed by atoms with E-state index in [2.05, 4.69) is 15.9 Å². The maximum Gasteiger partial charge on any atom is 0.167 e. The molecular formula is C8H7BrF3NO. The molecule has 2 nitrogen and oxygen atoms in total. The minimum absolute atomic E-state index is 0.251. The maximum absolute atomic E-state index is 13.2. The maximum atomic E-state index is 13.2. The average molecular weight is 270 g/mol. The molecule has 0 heterocycles. The average Bonchev–Trinajstić information content (AvgIpc) is 2.15. The molecule has 0 amide bonds. The van der Waals surface area contributed by atoms with Crippen molar-refractivity contribution in [1.29, 1.82) is 0 Å². The number of halogens is 4. The highest BCUT2D eigenvalue weighted by Crippen LogP contribution is 2.28. The highest BCUT2D eigenvalue weighted by atomic mass is 79.9. The molecule has 6 heteroatoms. The number of hydrogen-bond acceptors (Lipinski definition) is 2. The van der Waals surface area contributed by atoms with Crippen molar-refractivity contribution in [3.63, 3.8) is 0 Å². The fourth-order valence-electron chi connectivity index (χ4n) is 1.00. The monoisotopic (exact) mass is 269 g/mol. The first kappa shape index (κ1) is 11.5. The summed E-state index contributed by atoms with van der Waals surface area (Å²) in [5.41, 5.74) is 4.27. The standard InChI is InChI=1S/C8H7BrF3NO/c9-3-1-4(10)8(12)6(7(3)11)5(14)2-13/h1,5,14H,2,13H2. The third-order valence-electron chi connectivity index (χ3n) is 1.70. The lowest BCUT2D eigenvalue weighted by molar-refractivity contribution is 0.174. The molecule has 1 unspecified atom stereocenters. The Kier molecular flexibility index (Phi) is 3.52. The molecule has 0 aromatic heterocycles. The summed E-state index contributed by atoms with van der Waals surface area (Å²) in [6.45, 7) is -0.385. The van der Waals surface area contributed by atoms with Gasteiger partial charge in [0.05, 0.1) is 16.1 Å². The first-order valence-corrected chi connectivity index (χ1v) is 4.49. The van der Waals surface area contributed by atoms with Crippen LogP contribution in [0.5, 0.6) is 0 Å². The zero-order valence-corrected chi connectivity index (χ0v) is 8.48. The van der Waals surface area contributed by atoms with Crippen LogP contribution in [-0.4, -0.2) is 11.7 Å². The van der Waals surface area contributed by atoms with E-state index in [-0.39, 0.29) is 11.0 Å². The fourth-order valence-corrected chi connectivity index (χ4v) is 1.42. The minimum Gasteiger partial charge on any atom is -0.387 e. The zero-order chi connectivity index (χ0) is 10.9. The lowest BCUT2D eigenvalue weighted by Gasteiger charge is -2.11. The van der Waals surface area contributed by atoms with E-state index >= 15 is 0 Å². The molecule has 0 aliphatic heterocycles. The fraction of sp³-hybridized carbons (Fsp3) is 0.250. The summed E-state index contributed by atoms with van der Waals surface area (Å²) in [4.78, 5) is 0. The van der Waals surface area contributed by atoms with E-state index in [1.807, 2.05) is 0 Å². The Labute approximate surface area is 86.7 Å². The van der Waals surface area contributed by atoms with Crippen LogP contribution in [0.15, 0.2) is 10.5 Å². The van der Waals surface area contributed by atoms with Crippen LogP contribution in [0, 0.1) is 17.5 Å². The molecular weight excluding hydrogens is 263 g/mol. The third-order valence-corrected chi connectivity index (χ3v) is 2.28. The van der Waals surface area contributed by atoms with Gasteiger partial charge < -0.3 is 10.8 Å². The quantitative estimate of drug-likeness (QED) is 0.806. The van der Waals surface area contributed by atoms with Gasteiger partial charge in [0.25, 0.3) is 0 Å². The molecule has 0 fully saturated rings. The van der Waals surface area contributed by atoms with Crippen molar-refractivity contribution in [3.05, 3.63) is 33.6 Å². The topological polar surface area (TPSA) is 46.2 Å². The molecule has 0 saturated heterocycles. The Morgan fingerprint density at radius 3 is 2.43 bits per heavy atom. The van der Waals surface area contributed by atoms with Gasteiger partial charge in [0.15, 0.2) is 11.6 Å². The van der Waals surface area contributed by atoms with Crippen molar-refractivity contribution in [2.24, 2.45) is 5.73 Å². The van der Waals surface area contributed by atoms with Crippen LogP contribution < -0.4 is 5.73 Å². The van der Waals surface area contributed by atoms with Crippen molar-refractivity contribution >= 4 is 15.9 Å². The molecule has 0 bridgehead atoms. The van der Waals surface area contributed by atoms with Crippen molar-refractivity contribution in [1.82, 2.24) is 0 Å². The van der Waals surface area contributed by atoms with Crippen LogP contribution in [0.3, 0.4) is 0 Å². The zero-order valence-electron chi connectivity index (χ0n) is 6.90. The third kappa shape index (κ3) is 1.92. The van der Waals surface area contributed by atoms with Gasteiger partial charge in [-0.05, 0) is 22.0 Å². The summed E-state index contributed by atoms with van der Waals surface area (Å²) in [6, 6.07) is 0.650. The molecule has 0 aliphatic carbocycles. The lowest BCUT2D eigenvalue weighted by atomic mass is 10.1. The molecule has 1 atom stereocenters.